The van der Waals surface area contributed by atoms with Crippen LogP contribution in [0.3, 0.4) is 0 Å². The second kappa shape index (κ2) is 4.02. The molecule has 2 heterocycles. The normalized spacial score (nSPS) is 10.0. The van der Waals surface area contributed by atoms with E-state index in [1.807, 2.05) is 13.0 Å². The molecule has 0 radical (unpaired) electrons. The lowest BCUT2D eigenvalue weighted by Crippen LogP contribution is -2.07. The molecule has 15 heavy (non-hydrogen) atoms. The number of aromatic nitrogens is 3. The van der Waals surface area contributed by atoms with Crippen LogP contribution in [0.4, 0.5) is 5.69 Å². The summed E-state index contributed by atoms with van der Waals surface area (Å²) < 4.78 is 0. The largest absolute Gasteiger partial charge is 0.324 e. The van der Waals surface area contributed by atoms with Crippen molar-refractivity contribution < 1.29 is 0 Å². The van der Waals surface area contributed by atoms with Crippen LogP contribution in [-0.2, 0) is 0 Å². The van der Waals surface area contributed by atoms with Crippen LogP contribution in [0.15, 0.2) is 30.6 Å². The molecule has 0 aliphatic heterocycles. The lowest BCUT2D eigenvalue weighted by molar-refractivity contribution is 1.09. The van der Waals surface area contributed by atoms with Crippen LogP contribution in [0.1, 0.15) is 5.69 Å². The van der Waals surface area contributed by atoms with Gasteiger partial charge in [0.25, 0.3) is 0 Å². The molecule has 3 N–H and O–H groups in total. The fourth-order valence-corrected chi connectivity index (χ4v) is 1.21. The Morgan fingerprint density at radius 3 is 2.73 bits per heavy atom. The summed E-state index contributed by atoms with van der Waals surface area (Å²) in [4.78, 5) is 12.6. The van der Waals surface area contributed by atoms with E-state index in [0.717, 1.165) is 11.4 Å². The number of nitrogens with zero attached hydrogens (tertiary/aromatic N) is 3. The first kappa shape index (κ1) is 9.54. The SMILES string of the molecule is Cc1ccnc(-c2cc(NN)ccn2)n1. The van der Waals surface area contributed by atoms with Crippen molar-refractivity contribution in [1.82, 2.24) is 15.0 Å². The highest BCUT2D eigenvalue weighted by molar-refractivity contribution is 5.57. The number of hydrazine groups is 1. The molecule has 0 aromatic carbocycles. The molecule has 5 heteroatoms. The predicted molar refractivity (Wildman–Crippen MR) is 57.8 cm³/mol. The van der Waals surface area contributed by atoms with Crippen LogP contribution in [0.5, 0.6) is 0 Å². The Labute approximate surface area is 87.4 Å². The molecule has 2 aromatic heterocycles. The van der Waals surface area contributed by atoms with Crippen molar-refractivity contribution in [3.8, 4) is 11.5 Å². The van der Waals surface area contributed by atoms with Crippen LogP contribution in [-0.4, -0.2) is 15.0 Å². The lowest BCUT2D eigenvalue weighted by Gasteiger charge is -2.02. The molecule has 0 unspecified atom stereocenters. The lowest BCUT2D eigenvalue weighted by atomic mass is 10.3. The van der Waals surface area contributed by atoms with Gasteiger partial charge in [-0.05, 0) is 25.1 Å². The van der Waals surface area contributed by atoms with Gasteiger partial charge in [0.05, 0.1) is 5.69 Å². The number of pyridine rings is 1. The molecule has 76 valence electrons. The van der Waals surface area contributed by atoms with E-state index in [1.165, 1.54) is 0 Å². The highest BCUT2D eigenvalue weighted by Crippen LogP contribution is 2.15. The third-order valence-corrected chi connectivity index (χ3v) is 1.95. The second-order valence-corrected chi connectivity index (χ2v) is 3.10. The van der Waals surface area contributed by atoms with Crippen molar-refractivity contribution in [2.45, 2.75) is 6.92 Å². The number of nitrogens with two attached hydrogens (primary N) is 1. The van der Waals surface area contributed by atoms with Crippen LogP contribution in [0.25, 0.3) is 11.5 Å². The molecule has 0 saturated heterocycles. The number of nitrogen functional groups attached to an aromatic ring is 1. The number of aryl methyl sites for hydroxylation is 1. The maximum absolute atomic E-state index is 5.31. The maximum Gasteiger partial charge on any atom is 0.178 e. The summed E-state index contributed by atoms with van der Waals surface area (Å²) in [5.74, 6) is 5.91. The van der Waals surface area contributed by atoms with Gasteiger partial charge in [0.2, 0.25) is 0 Å². The summed E-state index contributed by atoms with van der Waals surface area (Å²) in [7, 11) is 0. The predicted octanol–water partition coefficient (Wildman–Crippen LogP) is 1.13. The standard InChI is InChI=1S/C10H11N5/c1-7-2-4-13-10(14-7)9-6-8(15-11)3-5-12-9/h2-6H,11H2,1H3,(H,12,15). The summed E-state index contributed by atoms with van der Waals surface area (Å²) >= 11 is 0. The van der Waals surface area contributed by atoms with Crippen LogP contribution in [0, 0.1) is 6.92 Å². The minimum Gasteiger partial charge on any atom is -0.324 e. The molecular formula is C10H11N5. The summed E-state index contributed by atoms with van der Waals surface area (Å²) in [6, 6.07) is 5.42. The van der Waals surface area contributed by atoms with Gasteiger partial charge in [-0.15, -0.1) is 0 Å². The number of hydrogen-bond donors (Lipinski definition) is 2. The number of anilines is 1. The first-order valence-corrected chi connectivity index (χ1v) is 4.52. The Hall–Kier alpha value is -2.01. The molecule has 0 aliphatic rings. The van der Waals surface area contributed by atoms with E-state index >= 15 is 0 Å². The summed E-state index contributed by atoms with van der Waals surface area (Å²) in [5.41, 5.74) is 4.95. The Morgan fingerprint density at radius 2 is 2.00 bits per heavy atom. The summed E-state index contributed by atoms with van der Waals surface area (Å²) in [6.07, 6.45) is 3.37. The van der Waals surface area contributed by atoms with Gasteiger partial charge in [0, 0.05) is 18.1 Å². The zero-order chi connectivity index (χ0) is 10.7. The van der Waals surface area contributed by atoms with Crippen molar-refractivity contribution in [3.05, 3.63) is 36.3 Å². The topological polar surface area (TPSA) is 76.7 Å². The van der Waals surface area contributed by atoms with Gasteiger partial charge < -0.3 is 5.43 Å². The highest BCUT2D eigenvalue weighted by Gasteiger charge is 2.02. The van der Waals surface area contributed by atoms with Crippen molar-refractivity contribution >= 4 is 5.69 Å². The van der Waals surface area contributed by atoms with Crippen LogP contribution in [0.2, 0.25) is 0 Å². The van der Waals surface area contributed by atoms with Gasteiger partial charge in [-0.2, -0.15) is 0 Å². The Bertz CT molecular complexity index is 469. The van der Waals surface area contributed by atoms with E-state index in [0.29, 0.717) is 11.5 Å². The minimum atomic E-state index is 0.604. The molecule has 0 aliphatic carbocycles. The van der Waals surface area contributed by atoms with Gasteiger partial charge in [-0.25, -0.2) is 9.97 Å². The molecule has 0 spiro atoms. The molecule has 0 saturated carbocycles. The van der Waals surface area contributed by atoms with Gasteiger partial charge in [0.1, 0.15) is 5.69 Å². The van der Waals surface area contributed by atoms with E-state index in [9.17, 15) is 0 Å². The van der Waals surface area contributed by atoms with Gasteiger partial charge in [0.15, 0.2) is 5.82 Å². The smallest absolute Gasteiger partial charge is 0.178 e. The van der Waals surface area contributed by atoms with E-state index in [1.54, 1.807) is 24.5 Å². The zero-order valence-electron chi connectivity index (χ0n) is 8.31. The van der Waals surface area contributed by atoms with Crippen molar-refractivity contribution in [3.63, 3.8) is 0 Å². The quantitative estimate of drug-likeness (QED) is 0.562. The third-order valence-electron chi connectivity index (χ3n) is 1.95. The highest BCUT2D eigenvalue weighted by atomic mass is 15.2. The molecule has 0 amide bonds. The fraction of sp³-hybridized carbons (Fsp3) is 0.100. The van der Waals surface area contributed by atoms with E-state index in [4.69, 9.17) is 5.84 Å². The average Bonchev–Trinajstić information content (AvgIpc) is 2.29. The fourth-order valence-electron chi connectivity index (χ4n) is 1.21. The maximum atomic E-state index is 5.31. The summed E-state index contributed by atoms with van der Waals surface area (Å²) in [6.45, 7) is 1.91. The van der Waals surface area contributed by atoms with Gasteiger partial charge >= 0.3 is 0 Å². The molecule has 5 nitrogen and oxygen atoms in total. The van der Waals surface area contributed by atoms with Crippen molar-refractivity contribution in [1.29, 1.82) is 0 Å². The molecule has 2 rings (SSSR count). The number of nitrogens with one attached hydrogen (secondary N) is 1. The van der Waals surface area contributed by atoms with Gasteiger partial charge in [-0.1, -0.05) is 0 Å². The first-order chi connectivity index (χ1) is 7.29. The average molecular weight is 201 g/mol. The zero-order valence-corrected chi connectivity index (χ0v) is 8.31. The Morgan fingerprint density at radius 1 is 1.20 bits per heavy atom. The minimum absolute atomic E-state index is 0.604. The van der Waals surface area contributed by atoms with Crippen LogP contribution >= 0.6 is 0 Å². The summed E-state index contributed by atoms with van der Waals surface area (Å²) in [5, 5.41) is 0. The third kappa shape index (κ3) is 2.08. The molecule has 2 aromatic rings. The monoisotopic (exact) mass is 201 g/mol. The Balaban J connectivity index is 2.44. The molecule has 0 bridgehead atoms. The van der Waals surface area contributed by atoms with E-state index in [-0.39, 0.29) is 0 Å². The van der Waals surface area contributed by atoms with Crippen molar-refractivity contribution in [2.24, 2.45) is 5.84 Å². The van der Waals surface area contributed by atoms with E-state index < -0.39 is 0 Å². The Kier molecular flexibility index (Phi) is 2.55. The molecule has 0 atom stereocenters. The molecule has 0 fully saturated rings. The van der Waals surface area contributed by atoms with Crippen molar-refractivity contribution in [2.75, 3.05) is 5.43 Å². The molecular weight excluding hydrogens is 190 g/mol. The first-order valence-electron chi connectivity index (χ1n) is 4.52. The van der Waals surface area contributed by atoms with Crippen LogP contribution < -0.4 is 11.3 Å². The van der Waals surface area contributed by atoms with E-state index in [2.05, 4.69) is 20.4 Å². The second-order valence-electron chi connectivity index (χ2n) is 3.10. The van der Waals surface area contributed by atoms with Gasteiger partial charge in [-0.3, -0.25) is 10.8 Å². The number of hydrogen-bond acceptors (Lipinski definition) is 5. The number of rotatable bonds is 2.